The first kappa shape index (κ1) is 87.5. The van der Waals surface area contributed by atoms with Crippen LogP contribution in [0.3, 0.4) is 0 Å². The molecule has 31 nitrogen and oxygen atoms in total. The zero-order chi connectivity index (χ0) is 81.7. The lowest BCUT2D eigenvalue weighted by Crippen LogP contribution is -2.64. The Balaban J connectivity index is 1.19. The quantitative estimate of drug-likeness (QED) is 0.0194. The van der Waals surface area contributed by atoms with Crippen molar-refractivity contribution < 1.29 is 77.3 Å². The highest BCUT2D eigenvalue weighted by Gasteiger charge is 2.41. The molecule has 1 aliphatic rings. The van der Waals surface area contributed by atoms with Gasteiger partial charge in [-0.25, -0.2) is 0 Å². The summed E-state index contributed by atoms with van der Waals surface area (Å²) in [7, 11) is 0. The number of unbranched alkanes of at least 4 members (excludes halogenated alkanes) is 1. The van der Waals surface area contributed by atoms with Crippen molar-refractivity contribution in [1.29, 1.82) is 0 Å². The number of aliphatic hydroxyl groups is 1. The molecule has 13 amide bonds. The van der Waals surface area contributed by atoms with Crippen molar-refractivity contribution in [2.24, 2.45) is 5.92 Å². The van der Waals surface area contributed by atoms with Gasteiger partial charge in [0.15, 0.2) is 6.17 Å². The van der Waals surface area contributed by atoms with Gasteiger partial charge in [-0.15, -0.1) is 0 Å². The van der Waals surface area contributed by atoms with Crippen LogP contribution in [-0.2, 0) is 88.0 Å². The van der Waals surface area contributed by atoms with Crippen LogP contribution in [0, 0.1) is 5.92 Å². The number of fused-ring (bicyclic) bond motifs is 1. The monoisotopic (exact) mass is 1560 g/mol. The Bertz CT molecular complexity index is 4310. The van der Waals surface area contributed by atoms with Gasteiger partial charge < -0.3 is 84.2 Å². The lowest BCUT2D eigenvalue weighted by Gasteiger charge is -2.31. The zero-order valence-corrected chi connectivity index (χ0v) is 64.5. The van der Waals surface area contributed by atoms with Crippen molar-refractivity contribution in [1.82, 2.24) is 68.4 Å². The van der Waals surface area contributed by atoms with Gasteiger partial charge in [-0.3, -0.25) is 72.1 Å². The molecule has 1 aliphatic heterocycles. The Morgan fingerprint density at radius 3 is 1.54 bits per heavy atom. The molecule has 0 bridgehead atoms. The fourth-order valence-electron chi connectivity index (χ4n) is 12.5. The smallest absolute Gasteiger partial charge is 0.325 e. The van der Waals surface area contributed by atoms with E-state index in [1.165, 1.54) is 93.5 Å². The molecule has 1 aromatic heterocycles. The predicted molar refractivity (Wildman–Crippen MR) is 418 cm³/mol. The van der Waals surface area contributed by atoms with Crippen LogP contribution < -0.4 is 69.1 Å². The number of benzene rings is 5. The number of hydrogen-bond donors (Lipinski definition) is 15. The van der Waals surface area contributed by atoms with E-state index in [1.807, 2.05) is 56.3 Å². The number of carbonyl (C=O) groups excluding carboxylic acids is 13. The van der Waals surface area contributed by atoms with E-state index in [1.54, 1.807) is 50.2 Å². The van der Waals surface area contributed by atoms with Crippen molar-refractivity contribution in [2.45, 2.75) is 186 Å². The van der Waals surface area contributed by atoms with Gasteiger partial charge in [0.2, 0.25) is 65.0 Å². The lowest BCUT2D eigenvalue weighted by atomic mass is 9.99. The average Bonchev–Trinajstić information content (AvgIpc) is 1.57. The van der Waals surface area contributed by atoms with Gasteiger partial charge in [0, 0.05) is 93.4 Å². The van der Waals surface area contributed by atoms with Crippen molar-refractivity contribution >= 4 is 117 Å². The number of carbonyl (C=O) groups is 14. The molecule has 0 spiro atoms. The SMILES string of the molecule is CC(=O)Nc1ccc(C[C@@H](NC(=O)C(NC(=O)c2ccc(NC(C)=O)cc2)NC(=O)[C@H](CO)NC(=O)[C@@H](Cc2cccnc2)NC(=O)[C@@H](Cc2ccc(Cl)cc2)NC(=O)[C@@H](Cc2ccc3ccccc3c2)NC(C)=O)C(=O)N[C@@H](CC(C)C)C(=O)N[C@@H](CCCCNC(C)C)C(=O)N2CCC[C@H]2C(=O)N[C@H](C)C(=O)O)cc1. The molecule has 1 fully saturated rings. The Hall–Kier alpha value is -11.7. The molecular weight excluding hydrogens is 1460 g/mol. The fraction of sp³-hybridized carbons (Fsp3) is 0.412. The highest BCUT2D eigenvalue weighted by Crippen LogP contribution is 2.23. The Morgan fingerprint density at radius 1 is 0.500 bits per heavy atom. The molecule has 598 valence electrons. The number of hydrogen-bond acceptors (Lipinski definition) is 17. The topological polar surface area (TPSA) is 452 Å². The minimum atomic E-state index is -2.20. The minimum absolute atomic E-state index is 0.00351. The summed E-state index contributed by atoms with van der Waals surface area (Å²) in [5.74, 6) is -12.5. The first-order valence-corrected chi connectivity index (χ1v) is 37.4. The van der Waals surface area contributed by atoms with Crippen LogP contribution in [0.15, 0.2) is 140 Å². The van der Waals surface area contributed by atoms with E-state index in [0.29, 0.717) is 58.8 Å². The molecule has 6 aromatic rings. The second-order valence-electron chi connectivity index (χ2n) is 28.3. The summed E-state index contributed by atoms with van der Waals surface area (Å²) in [5, 5.41) is 57.3. The van der Waals surface area contributed by atoms with Gasteiger partial charge >= 0.3 is 5.97 Å². The van der Waals surface area contributed by atoms with E-state index in [4.69, 9.17) is 11.6 Å². The molecule has 0 aliphatic carbocycles. The van der Waals surface area contributed by atoms with E-state index in [2.05, 4.69) is 74.1 Å². The number of aliphatic hydroxyl groups excluding tert-OH is 1. The molecule has 32 heteroatoms. The maximum absolute atomic E-state index is 15.2. The molecular formula is C80H100ClN15O16. The third kappa shape index (κ3) is 28.0. The number of amides is 13. The van der Waals surface area contributed by atoms with Crippen LogP contribution in [0.5, 0.6) is 0 Å². The Morgan fingerprint density at radius 2 is 1.00 bits per heavy atom. The van der Waals surface area contributed by atoms with Gasteiger partial charge in [0.1, 0.15) is 54.4 Å². The average molecular weight is 1560 g/mol. The molecule has 2 heterocycles. The number of aromatic nitrogens is 1. The maximum Gasteiger partial charge on any atom is 0.325 e. The van der Waals surface area contributed by atoms with E-state index < -0.39 is 150 Å². The Kier molecular flexibility index (Phi) is 33.6. The molecule has 112 heavy (non-hydrogen) atoms. The van der Waals surface area contributed by atoms with Crippen LogP contribution in [-0.4, -0.2) is 189 Å². The standard InChI is InChI=1S/C80H100ClN15O16/c1-45(2)37-62(71(102)88-61(18-11-12-35-83-46(3)4)79(110)96-36-14-19-68(96)77(108)84-47(5)80(111)112)89-74(105)65(40-52-23-30-59(31-24-52)85-48(6)98)92-78(109)69(94-70(101)56-26-32-60(33-27-56)86-49(7)99)95-76(107)67(44-97)93-75(106)66(42-54-15-13-34-82-43-54)91-73(104)64(39-51-21-28-58(81)29-22-51)90-72(103)63(87-50(8)100)41-53-20-25-55-16-9-10-17-57(55)38-53/h9-10,13,15-17,20-34,38,43,45-47,61-69,83,97H,11-12,14,18-19,35-37,39-42,44H2,1-8H3,(H,84,108)(H,85,98)(H,86,99)(H,87,100)(H,88,102)(H,89,105)(H,90,103)(H,91,104)(H,92,109)(H,93,106)(H,94,101)(H,95,107)(H,111,112)/t47-,61+,62+,63-,64-,65-,66-,67+,68+,69?/m1/s1. The molecule has 0 saturated carbocycles. The van der Waals surface area contributed by atoms with Gasteiger partial charge in [0.25, 0.3) is 11.8 Å². The number of nitrogens with zero attached hydrogens (tertiary/aromatic N) is 2. The molecule has 7 rings (SSSR count). The molecule has 5 aromatic carbocycles. The number of rotatable bonds is 40. The lowest BCUT2D eigenvalue weighted by molar-refractivity contribution is -0.144. The number of carboxylic acids is 1. The summed E-state index contributed by atoms with van der Waals surface area (Å²) in [6, 6.07) is 21.2. The van der Waals surface area contributed by atoms with Gasteiger partial charge in [-0.2, -0.15) is 0 Å². The number of likely N-dealkylation sites (tertiary alicyclic amines) is 1. The second-order valence-corrected chi connectivity index (χ2v) is 28.8. The van der Waals surface area contributed by atoms with Crippen molar-refractivity contribution in [3.63, 3.8) is 0 Å². The number of pyridine rings is 1. The zero-order valence-electron chi connectivity index (χ0n) is 63.8. The third-order valence-electron chi connectivity index (χ3n) is 18.2. The van der Waals surface area contributed by atoms with Crippen LogP contribution in [0.2, 0.25) is 5.02 Å². The molecule has 10 atom stereocenters. The van der Waals surface area contributed by atoms with Crippen LogP contribution in [0.25, 0.3) is 10.8 Å². The van der Waals surface area contributed by atoms with Crippen LogP contribution in [0.4, 0.5) is 11.4 Å². The minimum Gasteiger partial charge on any atom is -0.480 e. The van der Waals surface area contributed by atoms with Gasteiger partial charge in [-0.05, 0) is 146 Å². The number of anilines is 2. The first-order valence-electron chi connectivity index (χ1n) is 37.1. The number of halogens is 1. The fourth-order valence-corrected chi connectivity index (χ4v) is 12.6. The largest absolute Gasteiger partial charge is 0.480 e. The van der Waals surface area contributed by atoms with Crippen molar-refractivity contribution in [3.05, 3.63) is 173 Å². The first-order chi connectivity index (χ1) is 53.3. The number of carboxylic acid groups (broad SMARTS) is 1. The number of aliphatic carboxylic acids is 1. The van der Waals surface area contributed by atoms with Gasteiger partial charge in [-0.1, -0.05) is 112 Å². The summed E-state index contributed by atoms with van der Waals surface area (Å²) in [4.78, 5) is 201. The van der Waals surface area contributed by atoms with E-state index in [0.717, 1.165) is 10.8 Å². The van der Waals surface area contributed by atoms with Crippen LogP contribution >= 0.6 is 11.6 Å². The molecule has 0 radical (unpaired) electrons. The highest BCUT2D eigenvalue weighted by molar-refractivity contribution is 6.30. The Labute approximate surface area is 654 Å². The van der Waals surface area contributed by atoms with E-state index in [9.17, 15) is 67.7 Å². The van der Waals surface area contributed by atoms with Gasteiger partial charge in [0.05, 0.1) is 6.61 Å². The van der Waals surface area contributed by atoms with E-state index in [-0.39, 0.29) is 74.7 Å². The summed E-state index contributed by atoms with van der Waals surface area (Å²) in [6.45, 7) is 12.0. The summed E-state index contributed by atoms with van der Waals surface area (Å²) in [5.41, 5.74) is 2.47. The van der Waals surface area contributed by atoms with Crippen molar-refractivity contribution in [3.8, 4) is 0 Å². The summed E-state index contributed by atoms with van der Waals surface area (Å²) in [6.07, 6.45) is 1.44. The second kappa shape index (κ2) is 43.0. The summed E-state index contributed by atoms with van der Waals surface area (Å²) >= 11 is 6.25. The number of nitrogens with one attached hydrogen (secondary N) is 13. The maximum atomic E-state index is 15.2. The predicted octanol–water partition coefficient (Wildman–Crippen LogP) is 3.15. The highest BCUT2D eigenvalue weighted by atomic mass is 35.5. The molecule has 1 saturated heterocycles. The molecule has 15 N–H and O–H groups in total. The van der Waals surface area contributed by atoms with Crippen molar-refractivity contribution in [2.75, 3.05) is 30.3 Å². The molecule has 1 unspecified atom stereocenters. The summed E-state index contributed by atoms with van der Waals surface area (Å²) < 4.78 is 0. The van der Waals surface area contributed by atoms with E-state index >= 15 is 9.59 Å². The van der Waals surface area contributed by atoms with Crippen LogP contribution in [0.1, 0.15) is 127 Å². The normalized spacial score (nSPS) is 14.9. The third-order valence-corrected chi connectivity index (χ3v) is 18.4.